The number of nitrogens with two attached hydrogens (primary N) is 1. The number of hydrogen-bond acceptors (Lipinski definition) is 5. The van der Waals surface area contributed by atoms with Crippen LogP contribution in [0.3, 0.4) is 0 Å². The zero-order chi connectivity index (χ0) is 15.9. The molecule has 0 aliphatic rings. The molecule has 6 nitrogen and oxygen atoms in total. The largest absolute Gasteiger partial charge is 0.383 e. The van der Waals surface area contributed by atoms with Crippen LogP contribution in [0.1, 0.15) is 11.3 Å². The maximum atomic E-state index is 10.7. The molecule has 0 aliphatic carbocycles. The Morgan fingerprint density at radius 3 is 2.41 bits per heavy atom. The van der Waals surface area contributed by atoms with E-state index in [1.54, 1.807) is 12.1 Å². The third kappa shape index (κ3) is 2.35. The minimum Gasteiger partial charge on any atom is -0.383 e. The Labute approximate surface area is 126 Å². The van der Waals surface area contributed by atoms with Crippen LogP contribution in [0, 0.1) is 24.0 Å². The van der Waals surface area contributed by atoms with Gasteiger partial charge in [-0.25, -0.2) is 9.97 Å². The van der Waals surface area contributed by atoms with Gasteiger partial charge < -0.3 is 5.73 Å². The lowest BCUT2D eigenvalue weighted by Crippen LogP contribution is -1.98. The molecule has 0 spiro atoms. The van der Waals surface area contributed by atoms with Gasteiger partial charge in [-0.1, -0.05) is 0 Å². The fourth-order valence-electron chi connectivity index (χ4n) is 2.48. The van der Waals surface area contributed by atoms with Crippen LogP contribution in [0.15, 0.2) is 36.4 Å². The summed E-state index contributed by atoms with van der Waals surface area (Å²) in [6, 6.07) is 10.2. The van der Waals surface area contributed by atoms with Crippen LogP contribution in [-0.2, 0) is 0 Å². The van der Waals surface area contributed by atoms with Crippen molar-refractivity contribution in [2.24, 2.45) is 0 Å². The molecule has 0 bridgehead atoms. The quantitative estimate of drug-likeness (QED) is 0.577. The first-order valence-corrected chi connectivity index (χ1v) is 6.75. The van der Waals surface area contributed by atoms with Crippen LogP contribution in [0.25, 0.3) is 22.2 Å². The number of hydrogen-bond donors (Lipinski definition) is 1. The van der Waals surface area contributed by atoms with Gasteiger partial charge in [-0.05, 0) is 49.2 Å². The Bertz CT molecular complexity index is 889. The van der Waals surface area contributed by atoms with E-state index in [-0.39, 0.29) is 5.69 Å². The highest BCUT2D eigenvalue weighted by Gasteiger charge is 2.11. The molecule has 0 unspecified atom stereocenters. The number of nitrogen functional groups attached to an aromatic ring is 1. The third-order valence-corrected chi connectivity index (χ3v) is 3.55. The van der Waals surface area contributed by atoms with Crippen LogP contribution < -0.4 is 5.73 Å². The summed E-state index contributed by atoms with van der Waals surface area (Å²) in [6.45, 7) is 3.91. The van der Waals surface area contributed by atoms with E-state index in [2.05, 4.69) is 9.97 Å². The maximum Gasteiger partial charge on any atom is 0.269 e. The fraction of sp³-hybridized carbons (Fsp3) is 0.125. The fourth-order valence-corrected chi connectivity index (χ4v) is 2.48. The predicted octanol–water partition coefficient (Wildman–Crippen LogP) is 3.40. The summed E-state index contributed by atoms with van der Waals surface area (Å²) in [7, 11) is 0. The molecule has 110 valence electrons. The summed E-state index contributed by atoms with van der Waals surface area (Å²) in [5, 5.41) is 11.7. The highest BCUT2D eigenvalue weighted by atomic mass is 16.6. The number of non-ortho nitro benzene ring substituents is 1. The molecule has 0 radical (unpaired) electrons. The van der Waals surface area contributed by atoms with E-state index in [0.717, 1.165) is 27.8 Å². The number of aryl methyl sites for hydroxylation is 2. The molecule has 2 aromatic heterocycles. The number of pyridine rings is 2. The van der Waals surface area contributed by atoms with Crippen molar-refractivity contribution in [3.63, 3.8) is 0 Å². The zero-order valence-corrected chi connectivity index (χ0v) is 12.2. The Hall–Kier alpha value is -3.02. The predicted molar refractivity (Wildman–Crippen MR) is 85.5 cm³/mol. The second-order valence-corrected chi connectivity index (χ2v) is 5.18. The van der Waals surface area contributed by atoms with E-state index in [0.29, 0.717) is 11.5 Å². The van der Waals surface area contributed by atoms with Crippen molar-refractivity contribution in [1.82, 2.24) is 9.97 Å². The van der Waals surface area contributed by atoms with Gasteiger partial charge in [0.2, 0.25) is 0 Å². The molecule has 0 atom stereocenters. The molecule has 6 heteroatoms. The van der Waals surface area contributed by atoms with Crippen molar-refractivity contribution in [2.45, 2.75) is 13.8 Å². The number of nitro benzene ring substituents is 1. The van der Waals surface area contributed by atoms with Crippen molar-refractivity contribution in [3.8, 4) is 11.1 Å². The Balaban J connectivity index is 2.18. The first-order valence-electron chi connectivity index (χ1n) is 6.75. The number of anilines is 1. The van der Waals surface area contributed by atoms with Crippen molar-refractivity contribution in [1.29, 1.82) is 0 Å². The van der Waals surface area contributed by atoms with Crippen LogP contribution in [0.2, 0.25) is 0 Å². The molecular weight excluding hydrogens is 280 g/mol. The Kier molecular flexibility index (Phi) is 3.21. The zero-order valence-electron chi connectivity index (χ0n) is 12.2. The maximum absolute atomic E-state index is 10.7. The molecule has 0 saturated carbocycles. The van der Waals surface area contributed by atoms with E-state index in [4.69, 9.17) is 5.73 Å². The first-order chi connectivity index (χ1) is 10.5. The van der Waals surface area contributed by atoms with Crippen molar-refractivity contribution >= 4 is 22.5 Å². The molecule has 22 heavy (non-hydrogen) atoms. The van der Waals surface area contributed by atoms with Crippen LogP contribution >= 0.6 is 0 Å². The van der Waals surface area contributed by atoms with Gasteiger partial charge in [0.15, 0.2) is 5.65 Å². The monoisotopic (exact) mass is 294 g/mol. The molecule has 3 aromatic rings. The van der Waals surface area contributed by atoms with Gasteiger partial charge in [-0.15, -0.1) is 0 Å². The van der Waals surface area contributed by atoms with Gasteiger partial charge in [0.25, 0.3) is 5.69 Å². The standard InChI is InChI=1S/C16H14N4O2/c1-9-7-10(2)18-16-13(9)8-14(15(17)19-16)11-3-5-12(6-4-11)20(21)22/h3-8H,1-2H3,(H2,17,18,19). The molecule has 0 aliphatic heterocycles. The van der Waals surface area contributed by atoms with E-state index < -0.39 is 4.92 Å². The molecule has 0 fully saturated rings. The van der Waals surface area contributed by atoms with Crippen molar-refractivity contribution < 1.29 is 4.92 Å². The van der Waals surface area contributed by atoms with Gasteiger partial charge in [-0.2, -0.15) is 0 Å². The topological polar surface area (TPSA) is 94.9 Å². The summed E-state index contributed by atoms with van der Waals surface area (Å²) < 4.78 is 0. The average Bonchev–Trinajstić information content (AvgIpc) is 2.46. The number of nitro groups is 1. The third-order valence-electron chi connectivity index (χ3n) is 3.55. The molecule has 0 amide bonds. The van der Waals surface area contributed by atoms with Crippen LogP contribution in [0.5, 0.6) is 0 Å². The molecule has 1 aromatic carbocycles. The summed E-state index contributed by atoms with van der Waals surface area (Å²) >= 11 is 0. The Morgan fingerprint density at radius 2 is 1.77 bits per heavy atom. The number of nitrogens with zero attached hydrogens (tertiary/aromatic N) is 3. The summed E-state index contributed by atoms with van der Waals surface area (Å²) in [6.07, 6.45) is 0. The summed E-state index contributed by atoms with van der Waals surface area (Å²) in [5.74, 6) is 0.360. The Morgan fingerprint density at radius 1 is 1.09 bits per heavy atom. The van der Waals surface area contributed by atoms with Crippen LogP contribution in [0.4, 0.5) is 11.5 Å². The first kappa shape index (κ1) is 13.9. The van der Waals surface area contributed by atoms with Gasteiger partial charge >= 0.3 is 0 Å². The van der Waals surface area contributed by atoms with Gasteiger partial charge in [-0.3, -0.25) is 10.1 Å². The van der Waals surface area contributed by atoms with E-state index in [9.17, 15) is 10.1 Å². The lowest BCUT2D eigenvalue weighted by molar-refractivity contribution is -0.384. The van der Waals surface area contributed by atoms with E-state index in [1.165, 1.54) is 12.1 Å². The lowest BCUT2D eigenvalue weighted by Gasteiger charge is -2.09. The SMILES string of the molecule is Cc1cc(C)c2cc(-c3ccc([N+](=O)[O-])cc3)c(N)nc2n1. The minimum absolute atomic E-state index is 0.0459. The minimum atomic E-state index is -0.428. The second kappa shape index (κ2) is 5.07. The molecule has 2 N–H and O–H groups in total. The van der Waals surface area contributed by atoms with Crippen molar-refractivity contribution in [2.75, 3.05) is 5.73 Å². The lowest BCUT2D eigenvalue weighted by atomic mass is 10.0. The number of rotatable bonds is 2. The normalized spacial score (nSPS) is 10.8. The van der Waals surface area contributed by atoms with Gasteiger partial charge in [0.05, 0.1) is 4.92 Å². The molecular formula is C16H14N4O2. The second-order valence-electron chi connectivity index (χ2n) is 5.18. The summed E-state index contributed by atoms with van der Waals surface area (Å²) in [5.41, 5.74) is 10.2. The van der Waals surface area contributed by atoms with Crippen molar-refractivity contribution in [3.05, 3.63) is 57.8 Å². The number of benzene rings is 1. The number of aromatic nitrogens is 2. The molecule has 2 heterocycles. The van der Waals surface area contributed by atoms with Crippen LogP contribution in [-0.4, -0.2) is 14.9 Å². The van der Waals surface area contributed by atoms with Gasteiger partial charge in [0.1, 0.15) is 5.82 Å². The van der Waals surface area contributed by atoms with Gasteiger partial charge in [0, 0.05) is 28.8 Å². The molecule has 3 rings (SSSR count). The average molecular weight is 294 g/mol. The smallest absolute Gasteiger partial charge is 0.269 e. The highest BCUT2D eigenvalue weighted by molar-refractivity contribution is 5.89. The molecule has 0 saturated heterocycles. The highest BCUT2D eigenvalue weighted by Crippen LogP contribution is 2.30. The van der Waals surface area contributed by atoms with E-state index in [1.807, 2.05) is 26.0 Å². The summed E-state index contributed by atoms with van der Waals surface area (Å²) in [4.78, 5) is 19.1. The van der Waals surface area contributed by atoms with E-state index >= 15 is 0 Å². The number of fused-ring (bicyclic) bond motifs is 1.